The third-order valence-corrected chi connectivity index (χ3v) is 2.80. The minimum atomic E-state index is -0.532. The molecule has 0 aliphatic carbocycles. The van der Waals surface area contributed by atoms with Crippen LogP contribution in [0, 0.1) is 5.95 Å². The van der Waals surface area contributed by atoms with Crippen LogP contribution in [0.4, 0.5) is 10.1 Å². The minimum Gasteiger partial charge on any atom is -0.454 e. The molecule has 90 valence electrons. The van der Waals surface area contributed by atoms with Crippen LogP contribution in [0.2, 0.25) is 0 Å². The van der Waals surface area contributed by atoms with Gasteiger partial charge in [-0.15, -0.1) is 0 Å². The highest BCUT2D eigenvalue weighted by Crippen LogP contribution is 2.27. The van der Waals surface area contributed by atoms with Gasteiger partial charge >= 0.3 is 0 Å². The van der Waals surface area contributed by atoms with Crippen LogP contribution in [0.3, 0.4) is 0 Å². The Bertz CT molecular complexity index is 673. The number of aromatic nitrogens is 1. The second kappa shape index (κ2) is 4.14. The molecule has 0 radical (unpaired) electrons. The number of nitrogens with zero attached hydrogens (tertiary/aromatic N) is 1. The third-order valence-electron chi connectivity index (χ3n) is 2.80. The molecule has 18 heavy (non-hydrogen) atoms. The predicted molar refractivity (Wildman–Crippen MR) is 68.9 cm³/mol. The maximum Gasteiger partial charge on any atom is 0.236 e. The second-order valence-electron chi connectivity index (χ2n) is 3.93. The van der Waals surface area contributed by atoms with Gasteiger partial charge in [0, 0.05) is 12.4 Å². The quantitative estimate of drug-likeness (QED) is 0.697. The van der Waals surface area contributed by atoms with Crippen molar-refractivity contribution in [2.24, 2.45) is 0 Å². The van der Waals surface area contributed by atoms with Gasteiger partial charge in [0.05, 0.1) is 5.69 Å². The Kier molecular flexibility index (Phi) is 2.48. The lowest BCUT2D eigenvalue weighted by atomic mass is 10.2. The first-order chi connectivity index (χ1) is 8.78. The highest BCUT2D eigenvalue weighted by Gasteiger charge is 2.10. The molecule has 3 nitrogen and oxygen atoms in total. The van der Waals surface area contributed by atoms with E-state index >= 15 is 0 Å². The highest BCUT2D eigenvalue weighted by atomic mass is 19.1. The Morgan fingerprint density at radius 3 is 2.72 bits per heavy atom. The first-order valence-electron chi connectivity index (χ1n) is 5.61. The van der Waals surface area contributed by atoms with E-state index in [-0.39, 0.29) is 0 Å². The molecule has 0 fully saturated rings. The van der Waals surface area contributed by atoms with E-state index in [0.717, 1.165) is 11.0 Å². The predicted octanol–water partition coefficient (Wildman–Crippen LogP) is 3.68. The summed E-state index contributed by atoms with van der Waals surface area (Å²) in [6.45, 7) is 0. The van der Waals surface area contributed by atoms with E-state index in [4.69, 9.17) is 4.42 Å². The molecule has 0 saturated carbocycles. The molecule has 0 unspecified atom stereocenters. The Morgan fingerprint density at radius 1 is 1.17 bits per heavy atom. The minimum absolute atomic E-state index is 0.370. The van der Waals surface area contributed by atoms with Crippen LogP contribution in [0.1, 0.15) is 0 Å². The normalized spacial score (nSPS) is 10.8. The number of furan rings is 1. The molecule has 0 saturated heterocycles. The van der Waals surface area contributed by atoms with E-state index in [1.165, 1.54) is 0 Å². The molecule has 0 amide bonds. The number of hydrogen-bond donors (Lipinski definition) is 1. The summed E-state index contributed by atoms with van der Waals surface area (Å²) in [5, 5.41) is 3.71. The van der Waals surface area contributed by atoms with E-state index in [1.54, 1.807) is 19.2 Å². The Morgan fingerprint density at radius 2 is 2.00 bits per heavy atom. The van der Waals surface area contributed by atoms with Crippen LogP contribution >= 0.6 is 0 Å². The molecular formula is C14H11FN2O. The van der Waals surface area contributed by atoms with E-state index in [1.807, 2.05) is 30.3 Å². The summed E-state index contributed by atoms with van der Waals surface area (Å²) >= 11 is 0. The van der Waals surface area contributed by atoms with E-state index in [9.17, 15) is 4.39 Å². The molecule has 1 aromatic carbocycles. The van der Waals surface area contributed by atoms with E-state index < -0.39 is 5.95 Å². The molecular weight excluding hydrogens is 231 g/mol. The largest absolute Gasteiger partial charge is 0.454 e. The summed E-state index contributed by atoms with van der Waals surface area (Å²) in [5.41, 5.74) is 1.63. The fourth-order valence-electron chi connectivity index (χ4n) is 1.87. The lowest BCUT2D eigenvalue weighted by Gasteiger charge is -2.02. The van der Waals surface area contributed by atoms with Gasteiger partial charge in [0.1, 0.15) is 11.3 Å². The molecule has 3 aromatic rings. The van der Waals surface area contributed by atoms with Crippen LogP contribution in [0.5, 0.6) is 0 Å². The van der Waals surface area contributed by atoms with Gasteiger partial charge in [-0.05, 0) is 24.3 Å². The van der Waals surface area contributed by atoms with Crippen molar-refractivity contribution >= 4 is 16.7 Å². The van der Waals surface area contributed by atoms with Gasteiger partial charge in [-0.25, -0.2) is 4.98 Å². The number of pyridine rings is 1. The highest BCUT2D eigenvalue weighted by molar-refractivity contribution is 5.82. The summed E-state index contributed by atoms with van der Waals surface area (Å²) < 4.78 is 19.2. The monoisotopic (exact) mass is 242 g/mol. The fourth-order valence-corrected chi connectivity index (χ4v) is 1.87. The molecule has 0 aliphatic heterocycles. The van der Waals surface area contributed by atoms with Crippen molar-refractivity contribution in [3.63, 3.8) is 0 Å². The van der Waals surface area contributed by atoms with Gasteiger partial charge in [0.25, 0.3) is 0 Å². The Labute approximate surface area is 103 Å². The number of hydrogen-bond acceptors (Lipinski definition) is 3. The number of nitrogens with one attached hydrogen (secondary N) is 1. The van der Waals surface area contributed by atoms with Gasteiger partial charge < -0.3 is 9.73 Å². The van der Waals surface area contributed by atoms with Crippen molar-refractivity contribution < 1.29 is 8.81 Å². The van der Waals surface area contributed by atoms with Crippen molar-refractivity contribution in [2.75, 3.05) is 12.4 Å². The smallest absolute Gasteiger partial charge is 0.236 e. The summed E-state index contributed by atoms with van der Waals surface area (Å²) in [6, 6.07) is 12.9. The Balaban J connectivity index is 2.11. The van der Waals surface area contributed by atoms with Crippen LogP contribution < -0.4 is 5.32 Å². The van der Waals surface area contributed by atoms with Crippen LogP contribution in [-0.2, 0) is 0 Å². The molecule has 2 heterocycles. The zero-order chi connectivity index (χ0) is 12.5. The van der Waals surface area contributed by atoms with Crippen LogP contribution in [-0.4, -0.2) is 12.0 Å². The van der Waals surface area contributed by atoms with Gasteiger partial charge in [-0.3, -0.25) is 0 Å². The fraction of sp³-hybridized carbons (Fsp3) is 0.0714. The molecule has 4 heteroatoms. The molecule has 0 atom stereocenters. The summed E-state index contributed by atoms with van der Waals surface area (Å²) in [6.07, 6.45) is 0. The number of fused-ring (bicyclic) bond motifs is 1. The third kappa shape index (κ3) is 1.72. The molecule has 2 aromatic heterocycles. The average molecular weight is 242 g/mol. The van der Waals surface area contributed by atoms with E-state index in [2.05, 4.69) is 10.3 Å². The molecule has 0 aliphatic rings. The Hall–Kier alpha value is -2.36. The second-order valence-corrected chi connectivity index (χ2v) is 3.93. The number of para-hydroxylation sites is 1. The molecule has 0 spiro atoms. The summed E-state index contributed by atoms with van der Waals surface area (Å²) in [7, 11) is 1.65. The first kappa shape index (κ1) is 10.8. The van der Waals surface area contributed by atoms with Gasteiger partial charge in [0.2, 0.25) is 5.95 Å². The lowest BCUT2D eigenvalue weighted by Crippen LogP contribution is -1.95. The number of anilines is 1. The summed E-state index contributed by atoms with van der Waals surface area (Å²) in [5.74, 6) is 0.0354. The number of rotatable bonds is 2. The van der Waals surface area contributed by atoms with Crippen molar-refractivity contribution in [1.29, 1.82) is 0 Å². The molecule has 3 rings (SSSR count). The zero-order valence-electron chi connectivity index (χ0n) is 9.77. The first-order valence-corrected chi connectivity index (χ1v) is 5.61. The SMILES string of the molecule is CNc1ccc(-c2cc3ccccc3o2)nc1F. The van der Waals surface area contributed by atoms with Crippen molar-refractivity contribution in [3.05, 3.63) is 48.4 Å². The van der Waals surface area contributed by atoms with Crippen molar-refractivity contribution in [3.8, 4) is 11.5 Å². The van der Waals surface area contributed by atoms with Crippen molar-refractivity contribution in [1.82, 2.24) is 4.98 Å². The van der Waals surface area contributed by atoms with Crippen molar-refractivity contribution in [2.45, 2.75) is 0 Å². The van der Waals surface area contributed by atoms with Crippen LogP contribution in [0.15, 0.2) is 46.9 Å². The average Bonchev–Trinajstić information content (AvgIpc) is 2.82. The molecule has 0 bridgehead atoms. The standard InChI is InChI=1S/C14H11FN2O/c1-16-11-7-6-10(17-14(11)15)13-8-9-4-2-3-5-12(9)18-13/h2-8,16H,1H3. The lowest BCUT2D eigenvalue weighted by molar-refractivity contribution is 0.581. The molecule has 1 N–H and O–H groups in total. The summed E-state index contributed by atoms with van der Waals surface area (Å²) in [4.78, 5) is 3.89. The van der Waals surface area contributed by atoms with Gasteiger partial charge in [-0.1, -0.05) is 18.2 Å². The maximum atomic E-state index is 13.6. The van der Waals surface area contributed by atoms with E-state index in [0.29, 0.717) is 17.1 Å². The van der Waals surface area contributed by atoms with Crippen LogP contribution in [0.25, 0.3) is 22.4 Å². The number of benzene rings is 1. The number of halogens is 1. The van der Waals surface area contributed by atoms with Gasteiger partial charge in [-0.2, -0.15) is 4.39 Å². The maximum absolute atomic E-state index is 13.6. The topological polar surface area (TPSA) is 38.1 Å². The van der Waals surface area contributed by atoms with Gasteiger partial charge in [0.15, 0.2) is 5.76 Å². The zero-order valence-corrected chi connectivity index (χ0v) is 9.77.